The smallest absolute Gasteiger partial charge is 0.122 e. The maximum absolute atomic E-state index is 5.81. The van der Waals surface area contributed by atoms with E-state index in [2.05, 4.69) is 52.5 Å². The van der Waals surface area contributed by atoms with Crippen LogP contribution in [0.15, 0.2) is 34.1 Å². The Morgan fingerprint density at radius 2 is 2.29 bits per heavy atom. The molecule has 0 fully saturated rings. The van der Waals surface area contributed by atoms with Gasteiger partial charge in [-0.1, -0.05) is 18.2 Å². The molecule has 0 saturated carbocycles. The summed E-state index contributed by atoms with van der Waals surface area (Å²) in [5.74, 6) is 7.32. The summed E-state index contributed by atoms with van der Waals surface area (Å²) in [6, 6.07) is 10.7. The first-order chi connectivity index (χ1) is 10.2. The first kappa shape index (κ1) is 15.0. The van der Waals surface area contributed by atoms with Crippen molar-refractivity contribution < 1.29 is 4.74 Å². The Labute approximate surface area is 137 Å². The molecule has 0 saturated heterocycles. The van der Waals surface area contributed by atoms with Crippen LogP contribution < -0.4 is 16.0 Å². The Morgan fingerprint density at radius 3 is 3.00 bits per heavy atom. The van der Waals surface area contributed by atoms with Gasteiger partial charge in [0.2, 0.25) is 0 Å². The van der Waals surface area contributed by atoms with E-state index in [1.165, 1.54) is 19.8 Å². The quantitative estimate of drug-likeness (QED) is 0.626. The van der Waals surface area contributed by atoms with Crippen LogP contribution >= 0.6 is 27.3 Å². The van der Waals surface area contributed by atoms with Gasteiger partial charge in [0, 0.05) is 4.88 Å². The van der Waals surface area contributed by atoms with Gasteiger partial charge in [0.25, 0.3) is 0 Å². The lowest BCUT2D eigenvalue weighted by Gasteiger charge is -2.28. The van der Waals surface area contributed by atoms with Crippen LogP contribution in [0.4, 0.5) is 0 Å². The van der Waals surface area contributed by atoms with Crippen molar-refractivity contribution in [2.24, 2.45) is 5.84 Å². The average molecular weight is 367 g/mol. The van der Waals surface area contributed by atoms with Crippen LogP contribution in [0.1, 0.15) is 40.8 Å². The molecular formula is C16H19BrN2OS. The Hall–Kier alpha value is -0.880. The van der Waals surface area contributed by atoms with Gasteiger partial charge < -0.3 is 4.74 Å². The van der Waals surface area contributed by atoms with Crippen molar-refractivity contribution in [1.29, 1.82) is 0 Å². The molecular weight excluding hydrogens is 348 g/mol. The molecule has 1 aromatic heterocycles. The highest BCUT2D eigenvalue weighted by Crippen LogP contribution is 2.40. The number of rotatable bonds is 4. The third-order valence-electron chi connectivity index (χ3n) is 4.02. The van der Waals surface area contributed by atoms with Crippen LogP contribution in [0.3, 0.4) is 0 Å². The molecule has 3 nitrogen and oxygen atoms in total. The Balaban J connectivity index is 1.82. The molecule has 1 aliphatic heterocycles. The van der Waals surface area contributed by atoms with Crippen LogP contribution in [-0.2, 0) is 0 Å². The van der Waals surface area contributed by atoms with E-state index in [-0.39, 0.29) is 6.04 Å². The minimum atomic E-state index is 0.177. The summed E-state index contributed by atoms with van der Waals surface area (Å²) in [6.45, 7) is 2.90. The summed E-state index contributed by atoms with van der Waals surface area (Å²) in [7, 11) is 0. The van der Waals surface area contributed by atoms with Gasteiger partial charge in [-0.2, -0.15) is 0 Å². The molecule has 0 aliphatic carbocycles. The molecule has 2 aromatic rings. The van der Waals surface area contributed by atoms with Crippen LogP contribution in [0, 0.1) is 6.92 Å². The van der Waals surface area contributed by atoms with E-state index in [0.717, 1.165) is 25.2 Å². The molecule has 2 atom stereocenters. The van der Waals surface area contributed by atoms with Crippen LogP contribution in [0.5, 0.6) is 5.75 Å². The Morgan fingerprint density at radius 1 is 1.48 bits per heavy atom. The molecule has 21 heavy (non-hydrogen) atoms. The number of benzene rings is 1. The minimum Gasteiger partial charge on any atom is -0.493 e. The van der Waals surface area contributed by atoms with Crippen LogP contribution in [0.25, 0.3) is 0 Å². The summed E-state index contributed by atoms with van der Waals surface area (Å²) >= 11 is 5.35. The zero-order chi connectivity index (χ0) is 14.8. The minimum absolute atomic E-state index is 0.177. The number of hydrogen-bond acceptors (Lipinski definition) is 4. The van der Waals surface area contributed by atoms with Crippen molar-refractivity contribution in [1.82, 2.24) is 5.43 Å². The van der Waals surface area contributed by atoms with Gasteiger partial charge in [0.05, 0.1) is 16.4 Å². The maximum atomic E-state index is 5.81. The van der Waals surface area contributed by atoms with Gasteiger partial charge in [-0.3, -0.25) is 11.3 Å². The Kier molecular flexibility index (Phi) is 4.64. The largest absolute Gasteiger partial charge is 0.493 e. The van der Waals surface area contributed by atoms with E-state index >= 15 is 0 Å². The second-order valence-electron chi connectivity index (χ2n) is 5.43. The fraction of sp³-hybridized carbons (Fsp3) is 0.375. The first-order valence-electron chi connectivity index (χ1n) is 7.12. The van der Waals surface area contributed by atoms with Gasteiger partial charge >= 0.3 is 0 Å². The number of hydrazine groups is 1. The second kappa shape index (κ2) is 6.48. The number of nitrogens with one attached hydrogen (secondary N) is 1. The third kappa shape index (κ3) is 3.16. The van der Waals surface area contributed by atoms with E-state index in [1.54, 1.807) is 11.3 Å². The Bertz CT molecular complexity index is 609. The van der Waals surface area contributed by atoms with Crippen LogP contribution in [-0.4, -0.2) is 6.61 Å². The second-order valence-corrected chi connectivity index (χ2v) is 7.83. The molecule has 1 aromatic carbocycles. The van der Waals surface area contributed by atoms with E-state index in [4.69, 9.17) is 10.6 Å². The molecule has 1 aliphatic rings. The molecule has 5 heteroatoms. The number of halogens is 1. The summed E-state index contributed by atoms with van der Waals surface area (Å²) in [4.78, 5) is 1.28. The van der Waals surface area contributed by atoms with Crippen molar-refractivity contribution in [2.45, 2.75) is 31.7 Å². The third-order valence-corrected chi connectivity index (χ3v) is 6.27. The van der Waals surface area contributed by atoms with Crippen molar-refractivity contribution in [3.63, 3.8) is 0 Å². The summed E-state index contributed by atoms with van der Waals surface area (Å²) in [6.07, 6.45) is 2.03. The van der Waals surface area contributed by atoms with E-state index in [9.17, 15) is 0 Å². The fourth-order valence-corrected chi connectivity index (χ4v) is 4.51. The lowest BCUT2D eigenvalue weighted by molar-refractivity contribution is 0.255. The standard InChI is InChI=1S/C16H19BrN2OS/c1-10-8-15(21-16(10)17)13(19-18)9-11-6-7-20-14-5-3-2-4-12(11)14/h2-5,8,11,13,19H,6-7,9,18H2,1H3. The number of hydrogen-bond donors (Lipinski definition) is 2. The summed E-state index contributed by atoms with van der Waals surface area (Å²) in [5, 5.41) is 0. The SMILES string of the molecule is Cc1cc(C(CC2CCOc3ccccc32)NN)sc1Br. The van der Waals surface area contributed by atoms with E-state index in [1.807, 2.05) is 6.07 Å². The monoisotopic (exact) mass is 366 g/mol. The van der Waals surface area contributed by atoms with Crippen molar-refractivity contribution >= 4 is 27.3 Å². The maximum Gasteiger partial charge on any atom is 0.122 e. The van der Waals surface area contributed by atoms with E-state index < -0.39 is 0 Å². The summed E-state index contributed by atoms with van der Waals surface area (Å²) in [5.41, 5.74) is 5.55. The zero-order valence-corrected chi connectivity index (χ0v) is 14.3. The van der Waals surface area contributed by atoms with Gasteiger partial charge in [-0.15, -0.1) is 11.3 Å². The number of nitrogens with two attached hydrogens (primary N) is 1. The highest BCUT2D eigenvalue weighted by atomic mass is 79.9. The van der Waals surface area contributed by atoms with Gasteiger partial charge in [0.1, 0.15) is 5.75 Å². The number of thiophene rings is 1. The molecule has 2 heterocycles. The zero-order valence-electron chi connectivity index (χ0n) is 11.9. The topological polar surface area (TPSA) is 47.3 Å². The first-order valence-corrected chi connectivity index (χ1v) is 8.73. The molecule has 3 N–H and O–H groups in total. The van der Waals surface area contributed by atoms with Crippen molar-refractivity contribution in [2.75, 3.05) is 6.61 Å². The lowest BCUT2D eigenvalue weighted by atomic mass is 9.87. The number of ether oxygens (including phenoxy) is 1. The average Bonchev–Trinajstić information content (AvgIpc) is 2.84. The van der Waals surface area contributed by atoms with Gasteiger partial charge in [-0.05, 0) is 64.9 Å². The highest BCUT2D eigenvalue weighted by Gasteiger charge is 2.25. The van der Waals surface area contributed by atoms with Crippen molar-refractivity contribution in [3.8, 4) is 5.75 Å². The molecule has 2 unspecified atom stereocenters. The van der Waals surface area contributed by atoms with Crippen molar-refractivity contribution in [3.05, 3.63) is 50.1 Å². The molecule has 0 spiro atoms. The summed E-state index contributed by atoms with van der Waals surface area (Å²) < 4.78 is 6.93. The molecule has 0 bridgehead atoms. The number of aryl methyl sites for hydroxylation is 1. The normalized spacial score (nSPS) is 18.9. The lowest BCUT2D eigenvalue weighted by Crippen LogP contribution is -2.29. The van der Waals surface area contributed by atoms with Gasteiger partial charge in [0.15, 0.2) is 0 Å². The van der Waals surface area contributed by atoms with Crippen LogP contribution in [0.2, 0.25) is 0 Å². The molecule has 0 radical (unpaired) electrons. The predicted molar refractivity (Wildman–Crippen MR) is 90.7 cm³/mol. The molecule has 3 rings (SSSR count). The van der Waals surface area contributed by atoms with Gasteiger partial charge in [-0.25, -0.2) is 0 Å². The highest BCUT2D eigenvalue weighted by molar-refractivity contribution is 9.11. The molecule has 112 valence electrons. The number of para-hydroxylation sites is 1. The van der Waals surface area contributed by atoms with E-state index in [0.29, 0.717) is 5.92 Å². The predicted octanol–water partition coefficient (Wildman–Crippen LogP) is 4.28. The molecule has 0 amide bonds. The fourth-order valence-electron chi connectivity index (χ4n) is 2.87. The number of fused-ring (bicyclic) bond motifs is 1.